The normalized spacial score (nSPS) is 13.4. The number of carbonyl (C=O) groups excluding carboxylic acids is 2. The summed E-state index contributed by atoms with van der Waals surface area (Å²) < 4.78 is 6.98. The van der Waals surface area contributed by atoms with Crippen LogP contribution in [0.3, 0.4) is 0 Å². The zero-order chi connectivity index (χ0) is 17.4. The molecule has 3 rings (SSSR count). The largest absolute Gasteiger partial charge is 0.490 e. The van der Waals surface area contributed by atoms with E-state index in [1.54, 1.807) is 30.3 Å². The smallest absolute Gasteiger partial charge is 0.299 e. The summed E-state index contributed by atoms with van der Waals surface area (Å²) >= 11 is 18.6. The van der Waals surface area contributed by atoms with Crippen molar-refractivity contribution in [2.75, 3.05) is 18.1 Å². The zero-order valence-corrected chi connectivity index (χ0v) is 16.7. The highest BCUT2D eigenvalue weighted by Gasteiger charge is 2.37. The van der Waals surface area contributed by atoms with Crippen LogP contribution in [0.4, 0.5) is 5.69 Å². The zero-order valence-electron chi connectivity index (χ0n) is 12.0. The van der Waals surface area contributed by atoms with E-state index in [1.165, 1.54) is 4.90 Å². The number of carbonyl (C=O) groups is 2. The van der Waals surface area contributed by atoms with E-state index < -0.39 is 11.7 Å². The van der Waals surface area contributed by atoms with Crippen molar-refractivity contribution in [1.29, 1.82) is 0 Å². The second-order valence-corrected chi connectivity index (χ2v) is 7.61. The maximum absolute atomic E-state index is 12.2. The molecule has 1 heterocycles. The number of Topliss-reactive ketones (excluding diaryl/α,β-unsaturated/α-hetero) is 1. The molecule has 0 aromatic heterocycles. The van der Waals surface area contributed by atoms with E-state index in [4.69, 9.17) is 27.9 Å². The predicted octanol–water partition coefficient (Wildman–Crippen LogP) is 5.13. The van der Waals surface area contributed by atoms with Gasteiger partial charge in [0, 0.05) is 14.0 Å². The Hall–Kier alpha value is -1.08. The van der Waals surface area contributed by atoms with Crippen LogP contribution in [0.5, 0.6) is 5.75 Å². The summed E-state index contributed by atoms with van der Waals surface area (Å²) in [6.45, 7) is 0.402. The number of fused-ring (bicyclic) bond motifs is 1. The van der Waals surface area contributed by atoms with Crippen molar-refractivity contribution >= 4 is 72.4 Å². The third-order valence-corrected chi connectivity index (χ3v) is 5.04. The van der Waals surface area contributed by atoms with Gasteiger partial charge in [0.25, 0.3) is 11.7 Å². The first kappa shape index (κ1) is 17.7. The quantitative estimate of drug-likeness (QED) is 0.555. The van der Waals surface area contributed by atoms with E-state index in [0.717, 1.165) is 4.47 Å². The topological polar surface area (TPSA) is 46.6 Å². The maximum Gasteiger partial charge on any atom is 0.299 e. The van der Waals surface area contributed by atoms with Gasteiger partial charge in [-0.2, -0.15) is 0 Å². The van der Waals surface area contributed by atoms with E-state index in [-0.39, 0.29) is 13.2 Å². The standard InChI is InChI=1S/C16H9Br2Cl2NO3/c17-8-5-10-14(11(18)6-8)21(16(23)15(10)22)3-4-24-13-2-1-9(19)7-12(13)20/h1-2,5-7H,3-4H2. The highest BCUT2D eigenvalue weighted by Crippen LogP contribution is 2.38. The van der Waals surface area contributed by atoms with E-state index in [2.05, 4.69) is 31.9 Å². The lowest BCUT2D eigenvalue weighted by atomic mass is 10.1. The molecular weight excluding hydrogens is 485 g/mol. The van der Waals surface area contributed by atoms with Gasteiger partial charge in [-0.25, -0.2) is 0 Å². The van der Waals surface area contributed by atoms with Crippen LogP contribution in [0, 0.1) is 0 Å². The van der Waals surface area contributed by atoms with Gasteiger partial charge in [0.2, 0.25) is 0 Å². The Morgan fingerprint density at radius 1 is 1.08 bits per heavy atom. The molecule has 124 valence electrons. The van der Waals surface area contributed by atoms with Crippen molar-refractivity contribution in [2.45, 2.75) is 0 Å². The molecule has 1 aliphatic rings. The molecule has 24 heavy (non-hydrogen) atoms. The molecule has 0 bridgehead atoms. The minimum Gasteiger partial charge on any atom is -0.490 e. The average Bonchev–Trinajstić information content (AvgIpc) is 2.74. The summed E-state index contributed by atoms with van der Waals surface area (Å²) in [6, 6.07) is 8.32. The van der Waals surface area contributed by atoms with Crippen molar-refractivity contribution in [3.8, 4) is 5.75 Å². The van der Waals surface area contributed by atoms with Gasteiger partial charge in [0.05, 0.1) is 22.8 Å². The molecule has 0 spiro atoms. The third kappa shape index (κ3) is 3.33. The van der Waals surface area contributed by atoms with Crippen LogP contribution in [-0.4, -0.2) is 24.8 Å². The van der Waals surface area contributed by atoms with Crippen LogP contribution >= 0.6 is 55.1 Å². The van der Waals surface area contributed by atoms with Crippen LogP contribution < -0.4 is 9.64 Å². The van der Waals surface area contributed by atoms with Crippen LogP contribution in [0.1, 0.15) is 10.4 Å². The number of halogens is 4. The molecule has 0 N–H and O–H groups in total. The molecular formula is C16H9Br2Cl2NO3. The Bertz CT molecular complexity index is 857. The van der Waals surface area contributed by atoms with Gasteiger partial charge in [-0.3, -0.25) is 9.59 Å². The number of ketones is 1. The molecule has 1 amide bonds. The van der Waals surface area contributed by atoms with Crippen molar-refractivity contribution in [3.63, 3.8) is 0 Å². The van der Waals surface area contributed by atoms with Gasteiger partial charge >= 0.3 is 0 Å². The molecule has 0 saturated carbocycles. The molecule has 2 aromatic carbocycles. The number of ether oxygens (including phenoxy) is 1. The van der Waals surface area contributed by atoms with Crippen LogP contribution in [0.2, 0.25) is 10.0 Å². The first-order chi connectivity index (χ1) is 11.4. The lowest BCUT2D eigenvalue weighted by Crippen LogP contribution is -2.33. The summed E-state index contributed by atoms with van der Waals surface area (Å²) in [7, 11) is 0. The molecule has 2 aromatic rings. The van der Waals surface area contributed by atoms with Crippen molar-refractivity contribution < 1.29 is 14.3 Å². The third-order valence-electron chi connectivity index (χ3n) is 3.45. The van der Waals surface area contributed by atoms with Crippen LogP contribution in [-0.2, 0) is 4.79 Å². The highest BCUT2D eigenvalue weighted by atomic mass is 79.9. The molecule has 8 heteroatoms. The first-order valence-corrected chi connectivity index (χ1v) is 9.16. The van der Waals surface area contributed by atoms with Crippen molar-refractivity contribution in [3.05, 3.63) is 54.9 Å². The minimum absolute atomic E-state index is 0.183. The van der Waals surface area contributed by atoms with E-state index in [1.807, 2.05) is 0 Å². The second-order valence-electron chi connectivity index (χ2n) is 4.99. The van der Waals surface area contributed by atoms with Crippen molar-refractivity contribution in [1.82, 2.24) is 0 Å². The SMILES string of the molecule is O=C1C(=O)N(CCOc2ccc(Cl)cc2Cl)c2c(Br)cc(Br)cc21. The number of rotatable bonds is 4. The average molecular weight is 494 g/mol. The fraction of sp³-hybridized carbons (Fsp3) is 0.125. The van der Waals surface area contributed by atoms with Gasteiger partial charge < -0.3 is 9.64 Å². The van der Waals surface area contributed by atoms with Gasteiger partial charge in [0.1, 0.15) is 12.4 Å². The molecule has 0 radical (unpaired) electrons. The summed E-state index contributed by atoms with van der Waals surface area (Å²) in [4.78, 5) is 25.7. The second kappa shape index (κ2) is 7.04. The number of hydrogen-bond donors (Lipinski definition) is 0. The van der Waals surface area contributed by atoms with Gasteiger partial charge in [0.15, 0.2) is 0 Å². The molecule has 0 fully saturated rings. The Morgan fingerprint density at radius 2 is 1.83 bits per heavy atom. The molecule has 0 saturated heterocycles. The lowest BCUT2D eigenvalue weighted by molar-refractivity contribution is -0.114. The molecule has 0 aliphatic carbocycles. The summed E-state index contributed by atoms with van der Waals surface area (Å²) in [6.07, 6.45) is 0. The molecule has 4 nitrogen and oxygen atoms in total. The van der Waals surface area contributed by atoms with Gasteiger partial charge in [-0.05, 0) is 46.3 Å². The molecule has 0 unspecified atom stereocenters. The summed E-state index contributed by atoms with van der Waals surface area (Å²) in [5, 5.41) is 0.896. The summed E-state index contributed by atoms with van der Waals surface area (Å²) in [5.74, 6) is -0.639. The van der Waals surface area contributed by atoms with Crippen molar-refractivity contribution in [2.24, 2.45) is 0 Å². The predicted molar refractivity (Wildman–Crippen MR) is 100 cm³/mol. The maximum atomic E-state index is 12.2. The number of hydrogen-bond acceptors (Lipinski definition) is 3. The van der Waals surface area contributed by atoms with Crippen LogP contribution in [0.25, 0.3) is 0 Å². The van der Waals surface area contributed by atoms with Crippen LogP contribution in [0.15, 0.2) is 39.3 Å². The van der Waals surface area contributed by atoms with E-state index >= 15 is 0 Å². The Balaban J connectivity index is 1.77. The molecule has 1 aliphatic heterocycles. The molecule has 0 atom stereocenters. The van der Waals surface area contributed by atoms with E-state index in [0.29, 0.717) is 31.5 Å². The monoisotopic (exact) mass is 491 g/mol. The lowest BCUT2D eigenvalue weighted by Gasteiger charge is -2.18. The Labute approximate surface area is 164 Å². The Morgan fingerprint density at radius 3 is 2.54 bits per heavy atom. The first-order valence-electron chi connectivity index (χ1n) is 6.81. The minimum atomic E-state index is -0.574. The summed E-state index contributed by atoms with van der Waals surface area (Å²) in [5.41, 5.74) is 0.921. The number of anilines is 1. The number of benzene rings is 2. The Kier molecular flexibility index (Phi) is 5.20. The fourth-order valence-corrected chi connectivity index (χ4v) is 4.31. The van der Waals surface area contributed by atoms with Gasteiger partial charge in [-0.15, -0.1) is 0 Å². The highest BCUT2D eigenvalue weighted by molar-refractivity contribution is 9.11. The number of amides is 1. The fourth-order valence-electron chi connectivity index (χ4n) is 2.41. The number of nitrogens with zero attached hydrogens (tertiary/aromatic N) is 1. The van der Waals surface area contributed by atoms with Gasteiger partial charge in [-0.1, -0.05) is 39.1 Å². The van der Waals surface area contributed by atoms with E-state index in [9.17, 15) is 9.59 Å².